The summed E-state index contributed by atoms with van der Waals surface area (Å²) in [4.78, 5) is 21.5. The summed E-state index contributed by atoms with van der Waals surface area (Å²) in [5.41, 5.74) is 7.98. The van der Waals surface area contributed by atoms with Crippen molar-refractivity contribution in [2.24, 2.45) is 11.8 Å². The molecule has 1 aromatic carbocycles. The summed E-state index contributed by atoms with van der Waals surface area (Å²) >= 11 is 0. The van der Waals surface area contributed by atoms with Gasteiger partial charge in [0.25, 0.3) is 0 Å². The standard InChI is InChI=1S/C32H41N7O/c1-20(2)30-27-16-25(6-7-28(27)33-31(30)26-14-21(3)32-34-35-36-39(32)19-26)24-8-12-38(13-9-24)29(40)10-11-37-17-22-4-5-23(15-22)18-37/h6-7,14,16,19-20,22-24,33H,4-5,8-13,15,17-18H2,1-3H3/t22-,23+. The summed E-state index contributed by atoms with van der Waals surface area (Å²) in [6, 6.07) is 9.10. The molecular formula is C32H41N7O. The number of pyridine rings is 1. The minimum atomic E-state index is 0.346. The van der Waals surface area contributed by atoms with Gasteiger partial charge >= 0.3 is 0 Å². The van der Waals surface area contributed by atoms with Crippen molar-refractivity contribution in [3.05, 3.63) is 47.2 Å². The predicted molar refractivity (Wildman–Crippen MR) is 157 cm³/mol. The van der Waals surface area contributed by atoms with E-state index >= 15 is 0 Å². The fraction of sp³-hybridized carbons (Fsp3) is 0.562. The average molecular weight is 540 g/mol. The summed E-state index contributed by atoms with van der Waals surface area (Å²) in [7, 11) is 0. The monoisotopic (exact) mass is 539 g/mol. The molecule has 4 aromatic rings. The fourth-order valence-corrected chi connectivity index (χ4v) is 7.83. The van der Waals surface area contributed by atoms with Gasteiger partial charge in [-0.25, -0.2) is 0 Å². The summed E-state index contributed by atoms with van der Waals surface area (Å²) in [6.45, 7) is 11.7. The summed E-state index contributed by atoms with van der Waals surface area (Å²) in [5, 5.41) is 13.4. The molecule has 1 saturated carbocycles. The second kappa shape index (κ2) is 10.3. The quantitative estimate of drug-likeness (QED) is 0.348. The summed E-state index contributed by atoms with van der Waals surface area (Å²) in [5.74, 6) is 2.96. The van der Waals surface area contributed by atoms with Crippen LogP contribution in [0.3, 0.4) is 0 Å². The Hall–Kier alpha value is -3.26. The first-order valence-corrected chi connectivity index (χ1v) is 15.3. The van der Waals surface area contributed by atoms with E-state index in [1.807, 2.05) is 6.20 Å². The number of aromatic nitrogens is 5. The number of hydrogen-bond donors (Lipinski definition) is 1. The zero-order valence-electron chi connectivity index (χ0n) is 24.1. The lowest BCUT2D eigenvalue weighted by Gasteiger charge is -2.34. The van der Waals surface area contributed by atoms with Crippen molar-refractivity contribution in [1.29, 1.82) is 0 Å². The number of piperidine rings is 2. The van der Waals surface area contributed by atoms with E-state index in [1.165, 1.54) is 48.9 Å². The van der Waals surface area contributed by atoms with Gasteiger partial charge < -0.3 is 14.8 Å². The molecule has 3 aromatic heterocycles. The Bertz CT molecular complexity index is 1530. The maximum atomic E-state index is 13.1. The number of benzene rings is 1. The second-order valence-corrected chi connectivity index (χ2v) is 12.9. The van der Waals surface area contributed by atoms with Crippen LogP contribution in [0.1, 0.15) is 80.9 Å². The topological polar surface area (TPSA) is 82.4 Å². The van der Waals surface area contributed by atoms with Gasteiger partial charge in [-0.05, 0) is 108 Å². The number of aryl methyl sites for hydroxylation is 1. The van der Waals surface area contributed by atoms with Gasteiger partial charge in [0.15, 0.2) is 5.65 Å². The molecule has 1 amide bonds. The third-order valence-corrected chi connectivity index (χ3v) is 9.85. The first-order chi connectivity index (χ1) is 19.4. The maximum Gasteiger partial charge on any atom is 0.223 e. The maximum absolute atomic E-state index is 13.1. The number of hydrogen-bond acceptors (Lipinski definition) is 5. The molecule has 40 heavy (non-hydrogen) atoms. The van der Waals surface area contributed by atoms with E-state index in [-0.39, 0.29) is 0 Å². The third kappa shape index (κ3) is 4.70. The highest BCUT2D eigenvalue weighted by molar-refractivity contribution is 5.92. The van der Waals surface area contributed by atoms with E-state index in [2.05, 4.69) is 75.3 Å². The van der Waals surface area contributed by atoms with Crippen LogP contribution in [0, 0.1) is 18.8 Å². The molecule has 0 spiro atoms. The zero-order valence-corrected chi connectivity index (χ0v) is 24.1. The summed E-state index contributed by atoms with van der Waals surface area (Å²) in [6.07, 6.45) is 8.98. The number of amides is 1. The molecule has 210 valence electrons. The van der Waals surface area contributed by atoms with Gasteiger partial charge in [-0.15, -0.1) is 5.10 Å². The Balaban J connectivity index is 1.05. The normalized spacial score (nSPS) is 22.2. The highest BCUT2D eigenvalue weighted by Crippen LogP contribution is 2.39. The number of fused-ring (bicyclic) bond motifs is 4. The number of carbonyl (C=O) groups excluding carboxylic acids is 1. The van der Waals surface area contributed by atoms with Crippen LogP contribution in [0.4, 0.5) is 0 Å². The number of carbonyl (C=O) groups is 1. The van der Waals surface area contributed by atoms with E-state index in [1.54, 1.807) is 4.52 Å². The van der Waals surface area contributed by atoms with Crippen molar-refractivity contribution in [2.75, 3.05) is 32.7 Å². The molecule has 3 fully saturated rings. The van der Waals surface area contributed by atoms with Crippen LogP contribution in [0.15, 0.2) is 30.5 Å². The van der Waals surface area contributed by atoms with Crippen molar-refractivity contribution in [1.82, 2.24) is 34.8 Å². The molecule has 8 heteroatoms. The molecule has 2 saturated heterocycles. The number of tetrazole rings is 1. The van der Waals surface area contributed by atoms with Crippen molar-refractivity contribution in [3.63, 3.8) is 0 Å². The van der Waals surface area contributed by atoms with Crippen LogP contribution in [0.5, 0.6) is 0 Å². The fourth-order valence-electron chi connectivity index (χ4n) is 7.83. The second-order valence-electron chi connectivity index (χ2n) is 12.9. The molecule has 5 heterocycles. The van der Waals surface area contributed by atoms with Crippen LogP contribution in [0.25, 0.3) is 27.8 Å². The molecule has 0 radical (unpaired) electrons. The van der Waals surface area contributed by atoms with E-state index in [0.717, 1.165) is 72.3 Å². The molecule has 2 aliphatic heterocycles. The minimum Gasteiger partial charge on any atom is -0.354 e. The van der Waals surface area contributed by atoms with Gasteiger partial charge in [-0.2, -0.15) is 4.52 Å². The lowest BCUT2D eigenvalue weighted by Crippen LogP contribution is -2.42. The Morgan fingerprint density at radius 3 is 2.60 bits per heavy atom. The van der Waals surface area contributed by atoms with Crippen molar-refractivity contribution >= 4 is 22.5 Å². The lowest BCUT2D eigenvalue weighted by atomic mass is 9.87. The molecule has 0 unspecified atom stereocenters. The molecule has 8 nitrogen and oxygen atoms in total. The van der Waals surface area contributed by atoms with Gasteiger partial charge in [0.1, 0.15) is 0 Å². The molecule has 1 aliphatic carbocycles. The minimum absolute atomic E-state index is 0.346. The average Bonchev–Trinajstić information content (AvgIpc) is 3.68. The van der Waals surface area contributed by atoms with Gasteiger partial charge in [-0.1, -0.05) is 19.9 Å². The Morgan fingerprint density at radius 1 is 1.07 bits per heavy atom. The van der Waals surface area contributed by atoms with Gasteiger partial charge in [0.05, 0.1) is 5.69 Å². The number of likely N-dealkylation sites (tertiary alicyclic amines) is 2. The van der Waals surface area contributed by atoms with Crippen LogP contribution in [0.2, 0.25) is 0 Å². The zero-order chi connectivity index (χ0) is 27.4. The molecular weight excluding hydrogens is 498 g/mol. The van der Waals surface area contributed by atoms with Crippen molar-refractivity contribution in [3.8, 4) is 11.3 Å². The largest absolute Gasteiger partial charge is 0.354 e. The van der Waals surface area contributed by atoms with Crippen LogP contribution in [-0.4, -0.2) is 73.5 Å². The lowest BCUT2D eigenvalue weighted by molar-refractivity contribution is -0.132. The van der Waals surface area contributed by atoms with Crippen LogP contribution in [-0.2, 0) is 4.79 Å². The van der Waals surface area contributed by atoms with E-state index < -0.39 is 0 Å². The Kier molecular flexibility index (Phi) is 6.61. The Labute approximate surface area is 236 Å². The number of nitrogens with zero attached hydrogens (tertiary/aromatic N) is 6. The highest BCUT2D eigenvalue weighted by Gasteiger charge is 2.33. The smallest absolute Gasteiger partial charge is 0.223 e. The molecule has 3 aliphatic rings. The van der Waals surface area contributed by atoms with Crippen LogP contribution >= 0.6 is 0 Å². The summed E-state index contributed by atoms with van der Waals surface area (Å²) < 4.78 is 1.76. The van der Waals surface area contributed by atoms with Crippen molar-refractivity contribution in [2.45, 2.75) is 71.1 Å². The van der Waals surface area contributed by atoms with Gasteiger partial charge in [0, 0.05) is 61.8 Å². The van der Waals surface area contributed by atoms with E-state index in [9.17, 15) is 4.79 Å². The number of aromatic amines is 1. The SMILES string of the molecule is Cc1cc(-c2[nH]c3ccc(C4CCN(C(=O)CCN5C[C@@H]6CC[C@@H](C6)C5)CC4)cc3c2C(C)C)cn2nnnc12. The molecule has 2 bridgehead atoms. The van der Waals surface area contributed by atoms with Gasteiger partial charge in [-0.3, -0.25) is 4.79 Å². The van der Waals surface area contributed by atoms with Crippen LogP contribution < -0.4 is 0 Å². The van der Waals surface area contributed by atoms with Gasteiger partial charge in [0.2, 0.25) is 5.91 Å². The molecule has 1 N–H and O–H groups in total. The first-order valence-electron chi connectivity index (χ1n) is 15.3. The first kappa shape index (κ1) is 25.7. The number of H-pyrrole nitrogens is 1. The predicted octanol–water partition coefficient (Wildman–Crippen LogP) is 5.53. The highest BCUT2D eigenvalue weighted by atomic mass is 16.2. The third-order valence-electron chi connectivity index (χ3n) is 9.85. The van der Waals surface area contributed by atoms with E-state index in [4.69, 9.17) is 0 Å². The van der Waals surface area contributed by atoms with E-state index in [0.29, 0.717) is 24.2 Å². The number of rotatable bonds is 6. The molecule has 2 atom stereocenters. The van der Waals surface area contributed by atoms with Crippen molar-refractivity contribution < 1.29 is 4.79 Å². The Morgan fingerprint density at radius 2 is 1.85 bits per heavy atom. The molecule has 7 rings (SSSR count). The number of nitrogens with one attached hydrogen (secondary N) is 1.